The van der Waals surface area contributed by atoms with E-state index in [0.717, 1.165) is 5.82 Å². The Labute approximate surface area is 80.8 Å². The summed E-state index contributed by atoms with van der Waals surface area (Å²) in [4.78, 5) is 6.26. The van der Waals surface area contributed by atoms with Crippen molar-refractivity contribution in [2.75, 3.05) is 19.0 Å². The maximum Gasteiger partial charge on any atom is 0.128 e. The minimum atomic E-state index is 1.02. The van der Waals surface area contributed by atoms with Gasteiger partial charge in [0.2, 0.25) is 0 Å². The van der Waals surface area contributed by atoms with Crippen molar-refractivity contribution in [3.05, 3.63) is 21.4 Å². The topological polar surface area (TPSA) is 16.1 Å². The number of aryl methyl sites for hydroxylation is 1. The first kappa shape index (κ1) is 8.77. The lowest BCUT2D eigenvalue weighted by Crippen LogP contribution is -2.10. The van der Waals surface area contributed by atoms with Gasteiger partial charge in [0, 0.05) is 23.9 Å². The molecule has 11 heavy (non-hydrogen) atoms. The molecule has 0 bridgehead atoms. The standard InChI is InChI=1S/C8H11IN2/c1-6-4-8(11(2)3)10-5-7(6)9/h4-5H,1-3H3. The van der Waals surface area contributed by atoms with Crippen LogP contribution >= 0.6 is 22.6 Å². The lowest BCUT2D eigenvalue weighted by atomic mass is 10.3. The third kappa shape index (κ3) is 2.05. The molecule has 1 aromatic heterocycles. The number of halogens is 1. The molecule has 0 aliphatic rings. The monoisotopic (exact) mass is 262 g/mol. The van der Waals surface area contributed by atoms with Crippen LogP contribution in [0.1, 0.15) is 5.56 Å². The van der Waals surface area contributed by atoms with Crippen LogP contribution in [0, 0.1) is 10.5 Å². The fourth-order valence-corrected chi connectivity index (χ4v) is 1.06. The number of aromatic nitrogens is 1. The Balaban J connectivity index is 3.05. The molecule has 0 N–H and O–H groups in total. The molecule has 1 aromatic rings. The highest BCUT2D eigenvalue weighted by Gasteiger charge is 1.98. The van der Waals surface area contributed by atoms with Crippen LogP contribution in [0.15, 0.2) is 12.3 Å². The van der Waals surface area contributed by atoms with Gasteiger partial charge in [-0.15, -0.1) is 0 Å². The number of anilines is 1. The van der Waals surface area contributed by atoms with Gasteiger partial charge in [-0.25, -0.2) is 4.98 Å². The van der Waals surface area contributed by atoms with Gasteiger partial charge in [0.05, 0.1) is 0 Å². The first-order valence-corrected chi connectivity index (χ1v) is 4.48. The Hall–Kier alpha value is -0.320. The third-order valence-corrected chi connectivity index (χ3v) is 2.62. The molecule has 0 saturated heterocycles. The third-order valence-electron chi connectivity index (χ3n) is 1.49. The average molecular weight is 262 g/mol. The fourth-order valence-electron chi connectivity index (χ4n) is 0.769. The van der Waals surface area contributed by atoms with Gasteiger partial charge in [0.15, 0.2) is 0 Å². The van der Waals surface area contributed by atoms with E-state index >= 15 is 0 Å². The first-order valence-electron chi connectivity index (χ1n) is 3.40. The van der Waals surface area contributed by atoms with E-state index in [0.29, 0.717) is 0 Å². The van der Waals surface area contributed by atoms with E-state index in [2.05, 4.69) is 40.6 Å². The van der Waals surface area contributed by atoms with Crippen molar-refractivity contribution in [1.82, 2.24) is 4.98 Å². The molecule has 0 amide bonds. The highest BCUT2D eigenvalue weighted by Crippen LogP contribution is 2.14. The van der Waals surface area contributed by atoms with E-state index in [1.807, 2.05) is 25.2 Å². The Kier molecular flexibility index (Phi) is 2.70. The minimum absolute atomic E-state index is 1.02. The van der Waals surface area contributed by atoms with Gasteiger partial charge in [-0.3, -0.25) is 0 Å². The minimum Gasteiger partial charge on any atom is -0.363 e. The molecule has 1 heterocycles. The van der Waals surface area contributed by atoms with Crippen LogP contribution in [0.3, 0.4) is 0 Å². The van der Waals surface area contributed by atoms with Crippen molar-refractivity contribution in [3.8, 4) is 0 Å². The summed E-state index contributed by atoms with van der Waals surface area (Å²) in [5, 5.41) is 0. The molecule has 0 saturated carbocycles. The van der Waals surface area contributed by atoms with E-state index in [1.54, 1.807) is 0 Å². The summed E-state index contributed by atoms with van der Waals surface area (Å²) in [5.41, 5.74) is 1.28. The van der Waals surface area contributed by atoms with Gasteiger partial charge in [0.25, 0.3) is 0 Å². The Bertz CT molecular complexity index is 258. The van der Waals surface area contributed by atoms with Crippen LogP contribution in [-0.2, 0) is 0 Å². The van der Waals surface area contributed by atoms with E-state index in [9.17, 15) is 0 Å². The van der Waals surface area contributed by atoms with Gasteiger partial charge in [-0.1, -0.05) is 0 Å². The van der Waals surface area contributed by atoms with Crippen molar-refractivity contribution in [2.24, 2.45) is 0 Å². The summed E-state index contributed by atoms with van der Waals surface area (Å²) in [6, 6.07) is 2.09. The Morgan fingerprint density at radius 2 is 2.09 bits per heavy atom. The molecule has 0 aliphatic heterocycles. The quantitative estimate of drug-likeness (QED) is 0.720. The van der Waals surface area contributed by atoms with Crippen molar-refractivity contribution in [3.63, 3.8) is 0 Å². The van der Waals surface area contributed by atoms with Gasteiger partial charge in [-0.2, -0.15) is 0 Å². The lowest BCUT2D eigenvalue weighted by Gasteiger charge is -2.11. The van der Waals surface area contributed by atoms with Crippen LogP contribution in [-0.4, -0.2) is 19.1 Å². The van der Waals surface area contributed by atoms with Gasteiger partial charge >= 0.3 is 0 Å². The van der Waals surface area contributed by atoms with E-state index in [1.165, 1.54) is 9.13 Å². The predicted molar refractivity (Wildman–Crippen MR) is 56.0 cm³/mol. The predicted octanol–water partition coefficient (Wildman–Crippen LogP) is 2.06. The summed E-state index contributed by atoms with van der Waals surface area (Å²) >= 11 is 2.28. The zero-order valence-electron chi connectivity index (χ0n) is 6.93. The van der Waals surface area contributed by atoms with Crippen LogP contribution in [0.25, 0.3) is 0 Å². The van der Waals surface area contributed by atoms with Crippen LogP contribution in [0.5, 0.6) is 0 Å². The smallest absolute Gasteiger partial charge is 0.128 e. The van der Waals surface area contributed by atoms with Crippen LogP contribution < -0.4 is 4.90 Å². The zero-order valence-corrected chi connectivity index (χ0v) is 9.08. The zero-order chi connectivity index (χ0) is 8.43. The average Bonchev–Trinajstić information content (AvgIpc) is 1.94. The van der Waals surface area contributed by atoms with Crippen LogP contribution in [0.2, 0.25) is 0 Å². The Morgan fingerprint density at radius 3 is 2.55 bits per heavy atom. The summed E-state index contributed by atoms with van der Waals surface area (Å²) in [7, 11) is 3.99. The van der Waals surface area contributed by atoms with Gasteiger partial charge in [-0.05, 0) is 41.1 Å². The van der Waals surface area contributed by atoms with Crippen molar-refractivity contribution >= 4 is 28.4 Å². The molecule has 0 radical (unpaired) electrons. The number of hydrogen-bond donors (Lipinski definition) is 0. The molecule has 60 valence electrons. The molecule has 0 unspecified atom stereocenters. The highest BCUT2D eigenvalue weighted by molar-refractivity contribution is 14.1. The molecular formula is C8H11IN2. The van der Waals surface area contributed by atoms with Crippen molar-refractivity contribution in [1.29, 1.82) is 0 Å². The van der Waals surface area contributed by atoms with E-state index in [4.69, 9.17) is 0 Å². The Morgan fingerprint density at radius 1 is 1.45 bits per heavy atom. The number of rotatable bonds is 1. The highest BCUT2D eigenvalue weighted by atomic mass is 127. The van der Waals surface area contributed by atoms with Gasteiger partial charge < -0.3 is 4.90 Å². The summed E-state index contributed by atoms with van der Waals surface area (Å²) < 4.78 is 1.22. The van der Waals surface area contributed by atoms with Crippen molar-refractivity contribution in [2.45, 2.75) is 6.92 Å². The molecule has 0 atom stereocenters. The molecular weight excluding hydrogens is 251 g/mol. The molecule has 0 fully saturated rings. The van der Waals surface area contributed by atoms with Gasteiger partial charge in [0.1, 0.15) is 5.82 Å². The fraction of sp³-hybridized carbons (Fsp3) is 0.375. The second-order valence-corrected chi connectivity index (χ2v) is 3.85. The maximum atomic E-state index is 4.26. The van der Waals surface area contributed by atoms with E-state index < -0.39 is 0 Å². The van der Waals surface area contributed by atoms with E-state index in [-0.39, 0.29) is 0 Å². The molecule has 0 aliphatic carbocycles. The first-order chi connectivity index (χ1) is 5.11. The van der Waals surface area contributed by atoms with Crippen LogP contribution in [0.4, 0.5) is 5.82 Å². The summed E-state index contributed by atoms with van der Waals surface area (Å²) in [6.45, 7) is 2.09. The number of nitrogens with zero attached hydrogens (tertiary/aromatic N) is 2. The molecule has 0 spiro atoms. The second kappa shape index (κ2) is 3.38. The number of hydrogen-bond acceptors (Lipinski definition) is 2. The lowest BCUT2D eigenvalue weighted by molar-refractivity contribution is 1.06. The second-order valence-electron chi connectivity index (χ2n) is 2.69. The molecule has 3 heteroatoms. The largest absolute Gasteiger partial charge is 0.363 e. The summed E-state index contributed by atoms with van der Waals surface area (Å²) in [6.07, 6.45) is 1.89. The summed E-state index contributed by atoms with van der Waals surface area (Å²) in [5.74, 6) is 1.02. The van der Waals surface area contributed by atoms with Crippen molar-refractivity contribution < 1.29 is 0 Å². The molecule has 2 nitrogen and oxygen atoms in total. The normalized spacial score (nSPS) is 9.82. The molecule has 1 rings (SSSR count). The SMILES string of the molecule is Cc1cc(N(C)C)ncc1I. The maximum absolute atomic E-state index is 4.26. The molecule has 0 aromatic carbocycles. The number of pyridine rings is 1.